The van der Waals surface area contributed by atoms with E-state index in [1.54, 1.807) is 0 Å². The van der Waals surface area contributed by atoms with Crippen LogP contribution in [0.2, 0.25) is 0 Å². The molecule has 1 heteroatoms. The van der Waals surface area contributed by atoms with Crippen molar-refractivity contribution in [2.24, 2.45) is 0 Å². The summed E-state index contributed by atoms with van der Waals surface area (Å²) in [5.41, 5.74) is 10.6. The number of hydrogen-bond donors (Lipinski definition) is 0. The Kier molecular flexibility index (Phi) is 7.22. The van der Waals surface area contributed by atoms with E-state index in [0.717, 1.165) is 17.1 Å². The van der Waals surface area contributed by atoms with Gasteiger partial charge >= 0.3 is 0 Å². The van der Waals surface area contributed by atoms with Gasteiger partial charge in [0.1, 0.15) is 0 Å². The molecule has 0 radical (unpaired) electrons. The molecule has 0 N–H and O–H groups in total. The minimum atomic E-state index is 1.11. The Hall–Kier alpha value is -6.44. The van der Waals surface area contributed by atoms with Gasteiger partial charge in [0.05, 0.1) is 0 Å². The molecule has 0 aromatic heterocycles. The molecule has 0 spiro atoms. The van der Waals surface area contributed by atoms with Gasteiger partial charge < -0.3 is 4.90 Å². The zero-order valence-corrected chi connectivity index (χ0v) is 27.0. The van der Waals surface area contributed by atoms with E-state index in [1.807, 2.05) is 0 Å². The van der Waals surface area contributed by atoms with Crippen LogP contribution in [-0.2, 0) is 0 Å². The molecule has 49 heavy (non-hydrogen) atoms. The molecule has 0 unspecified atom stereocenters. The molecule has 9 aromatic rings. The minimum Gasteiger partial charge on any atom is -0.310 e. The predicted molar refractivity (Wildman–Crippen MR) is 210 cm³/mol. The SMILES string of the molecule is c1ccc(-c2ccc(N(c3ccc(-c4cc5c6ccccc6ccc5c5ccccc45)cc3)c3cccc(-c4ccccc4)c3)cc2)cc1. The lowest BCUT2D eigenvalue weighted by atomic mass is 9.91. The number of hydrogen-bond acceptors (Lipinski definition) is 1. The highest BCUT2D eigenvalue weighted by atomic mass is 15.1. The van der Waals surface area contributed by atoms with Crippen LogP contribution < -0.4 is 4.90 Å². The highest BCUT2D eigenvalue weighted by Gasteiger charge is 2.16. The molecule has 0 saturated heterocycles. The largest absolute Gasteiger partial charge is 0.310 e. The van der Waals surface area contributed by atoms with Gasteiger partial charge in [0.25, 0.3) is 0 Å². The lowest BCUT2D eigenvalue weighted by Crippen LogP contribution is -2.10. The molecule has 9 aromatic carbocycles. The topological polar surface area (TPSA) is 3.24 Å². The smallest absolute Gasteiger partial charge is 0.0467 e. The predicted octanol–water partition coefficient (Wildman–Crippen LogP) is 13.6. The van der Waals surface area contributed by atoms with Crippen molar-refractivity contribution in [3.63, 3.8) is 0 Å². The summed E-state index contributed by atoms with van der Waals surface area (Å²) in [4.78, 5) is 2.36. The van der Waals surface area contributed by atoms with Crippen molar-refractivity contribution >= 4 is 49.4 Å². The Labute approximate surface area is 287 Å². The van der Waals surface area contributed by atoms with Crippen molar-refractivity contribution in [1.29, 1.82) is 0 Å². The van der Waals surface area contributed by atoms with E-state index in [-0.39, 0.29) is 0 Å². The molecule has 9 rings (SSSR count). The van der Waals surface area contributed by atoms with Gasteiger partial charge in [0.15, 0.2) is 0 Å². The summed E-state index contributed by atoms with van der Waals surface area (Å²) >= 11 is 0. The maximum absolute atomic E-state index is 2.39. The van der Waals surface area contributed by atoms with Crippen LogP contribution >= 0.6 is 0 Å². The van der Waals surface area contributed by atoms with Crippen LogP contribution in [0.15, 0.2) is 200 Å². The Morgan fingerprint density at radius 3 is 1.45 bits per heavy atom. The van der Waals surface area contributed by atoms with Crippen LogP contribution in [0.3, 0.4) is 0 Å². The van der Waals surface area contributed by atoms with Gasteiger partial charge in [-0.25, -0.2) is 0 Å². The fourth-order valence-corrected chi connectivity index (χ4v) is 7.23. The van der Waals surface area contributed by atoms with E-state index in [0.29, 0.717) is 0 Å². The third kappa shape index (κ3) is 5.32. The van der Waals surface area contributed by atoms with Gasteiger partial charge in [-0.2, -0.15) is 0 Å². The molecule has 230 valence electrons. The quantitative estimate of drug-likeness (QED) is 0.167. The van der Waals surface area contributed by atoms with Crippen molar-refractivity contribution < 1.29 is 0 Å². The highest BCUT2D eigenvalue weighted by molar-refractivity contribution is 6.21. The lowest BCUT2D eigenvalue weighted by Gasteiger charge is -2.26. The monoisotopic (exact) mass is 623 g/mol. The van der Waals surface area contributed by atoms with E-state index in [2.05, 4.69) is 205 Å². The van der Waals surface area contributed by atoms with Crippen LogP contribution in [0, 0.1) is 0 Å². The number of rotatable bonds is 6. The standard InChI is InChI=1S/C48H33N/c1-3-12-34(13-4-1)36-22-27-40(28-23-36)49(42-18-11-17-39(32-42)35-14-5-2-6-15-35)41-29-24-38(25-30-41)47-33-48-43-19-8-7-16-37(43)26-31-46(48)44-20-9-10-21-45(44)47/h1-33H. The normalized spacial score (nSPS) is 11.3. The summed E-state index contributed by atoms with van der Waals surface area (Å²) in [7, 11) is 0. The van der Waals surface area contributed by atoms with Crippen LogP contribution in [0.1, 0.15) is 0 Å². The summed E-state index contributed by atoms with van der Waals surface area (Å²) in [6, 6.07) is 72.4. The second-order valence-corrected chi connectivity index (χ2v) is 12.6. The molecular formula is C48H33N. The van der Waals surface area contributed by atoms with Crippen LogP contribution in [0.4, 0.5) is 17.1 Å². The van der Waals surface area contributed by atoms with Crippen molar-refractivity contribution in [3.8, 4) is 33.4 Å². The van der Waals surface area contributed by atoms with Crippen molar-refractivity contribution in [2.75, 3.05) is 4.90 Å². The molecule has 0 fully saturated rings. The Balaban J connectivity index is 1.18. The number of benzene rings is 9. The summed E-state index contributed by atoms with van der Waals surface area (Å²) < 4.78 is 0. The Morgan fingerprint density at radius 2 is 0.755 bits per heavy atom. The van der Waals surface area contributed by atoms with Crippen molar-refractivity contribution in [1.82, 2.24) is 0 Å². The second kappa shape index (κ2) is 12.3. The molecule has 1 nitrogen and oxygen atoms in total. The lowest BCUT2D eigenvalue weighted by molar-refractivity contribution is 1.28. The number of nitrogens with zero attached hydrogens (tertiary/aromatic N) is 1. The van der Waals surface area contributed by atoms with Crippen LogP contribution in [0.5, 0.6) is 0 Å². The number of fused-ring (bicyclic) bond motifs is 5. The van der Waals surface area contributed by atoms with Gasteiger partial charge in [-0.1, -0.05) is 158 Å². The Bertz CT molecular complexity index is 2570. The molecular weight excluding hydrogens is 591 g/mol. The Morgan fingerprint density at radius 1 is 0.245 bits per heavy atom. The summed E-state index contributed by atoms with van der Waals surface area (Å²) in [6.07, 6.45) is 0. The first-order chi connectivity index (χ1) is 24.3. The molecule has 0 aliphatic rings. The molecule has 0 atom stereocenters. The van der Waals surface area contributed by atoms with Crippen LogP contribution in [0.25, 0.3) is 65.7 Å². The molecule has 0 aliphatic carbocycles. The van der Waals surface area contributed by atoms with E-state index in [1.165, 1.54) is 65.7 Å². The molecule has 0 bridgehead atoms. The third-order valence-electron chi connectivity index (χ3n) is 9.65. The van der Waals surface area contributed by atoms with Crippen molar-refractivity contribution in [2.45, 2.75) is 0 Å². The first kappa shape index (κ1) is 28.8. The van der Waals surface area contributed by atoms with E-state index < -0.39 is 0 Å². The zero-order valence-electron chi connectivity index (χ0n) is 27.0. The van der Waals surface area contributed by atoms with Gasteiger partial charge in [-0.05, 0) is 108 Å². The summed E-state index contributed by atoms with van der Waals surface area (Å²) in [6.45, 7) is 0. The fraction of sp³-hybridized carbons (Fsp3) is 0. The highest BCUT2D eigenvalue weighted by Crippen LogP contribution is 2.41. The van der Waals surface area contributed by atoms with Crippen LogP contribution in [-0.4, -0.2) is 0 Å². The van der Waals surface area contributed by atoms with E-state index in [9.17, 15) is 0 Å². The van der Waals surface area contributed by atoms with E-state index >= 15 is 0 Å². The number of anilines is 3. The summed E-state index contributed by atoms with van der Waals surface area (Å²) in [5.74, 6) is 0. The van der Waals surface area contributed by atoms with Gasteiger partial charge in [0, 0.05) is 17.1 Å². The first-order valence-corrected chi connectivity index (χ1v) is 16.8. The maximum Gasteiger partial charge on any atom is 0.0467 e. The maximum atomic E-state index is 2.39. The molecule has 0 heterocycles. The average molecular weight is 624 g/mol. The molecule has 0 amide bonds. The van der Waals surface area contributed by atoms with Gasteiger partial charge in [0.2, 0.25) is 0 Å². The molecule has 0 saturated carbocycles. The summed E-state index contributed by atoms with van der Waals surface area (Å²) in [5, 5.41) is 7.67. The van der Waals surface area contributed by atoms with Crippen molar-refractivity contribution in [3.05, 3.63) is 200 Å². The van der Waals surface area contributed by atoms with E-state index in [4.69, 9.17) is 0 Å². The van der Waals surface area contributed by atoms with Gasteiger partial charge in [-0.3, -0.25) is 0 Å². The second-order valence-electron chi connectivity index (χ2n) is 12.6. The van der Waals surface area contributed by atoms with Gasteiger partial charge in [-0.15, -0.1) is 0 Å². The minimum absolute atomic E-state index is 1.11. The molecule has 0 aliphatic heterocycles. The first-order valence-electron chi connectivity index (χ1n) is 16.8. The zero-order chi connectivity index (χ0) is 32.6. The fourth-order valence-electron chi connectivity index (χ4n) is 7.23. The third-order valence-corrected chi connectivity index (χ3v) is 9.65. The average Bonchev–Trinajstić information content (AvgIpc) is 3.19.